The van der Waals surface area contributed by atoms with Crippen LogP contribution in [0.4, 0.5) is 8.78 Å². The van der Waals surface area contributed by atoms with Gasteiger partial charge in [-0.2, -0.15) is 0 Å². The van der Waals surface area contributed by atoms with E-state index in [1.165, 1.54) is 18.2 Å². The zero-order chi connectivity index (χ0) is 19.9. The summed E-state index contributed by atoms with van der Waals surface area (Å²) in [4.78, 5) is 18.5. The number of carbonyl (C=O) groups is 1. The number of hydrogen-bond donors (Lipinski definition) is 1. The highest BCUT2D eigenvalue weighted by atomic mass is 35.5. The molecule has 29 heavy (non-hydrogen) atoms. The summed E-state index contributed by atoms with van der Waals surface area (Å²) in [6.07, 6.45) is 3.30. The molecule has 2 fully saturated rings. The van der Waals surface area contributed by atoms with Crippen LogP contribution in [0.15, 0.2) is 30.5 Å². The smallest absolute Gasteiger partial charge is 0.242 e. The molecule has 1 spiro atoms. The molecule has 4 rings (SSSR count). The molecule has 3 heterocycles. The number of amides is 1. The van der Waals surface area contributed by atoms with Crippen LogP contribution in [-0.2, 0) is 4.79 Å². The van der Waals surface area contributed by atoms with Crippen molar-refractivity contribution < 1.29 is 18.3 Å². The van der Waals surface area contributed by atoms with E-state index >= 15 is 0 Å². The van der Waals surface area contributed by atoms with Gasteiger partial charge in [0.15, 0.2) is 0 Å². The van der Waals surface area contributed by atoms with Crippen molar-refractivity contribution in [2.24, 2.45) is 0 Å². The number of likely N-dealkylation sites (N-methyl/N-ethyl adjacent to an activating group) is 1. The molecule has 1 amide bonds. The van der Waals surface area contributed by atoms with Crippen LogP contribution in [0.2, 0.25) is 0 Å². The van der Waals surface area contributed by atoms with Gasteiger partial charge in [-0.1, -0.05) is 0 Å². The molecule has 0 saturated carbocycles. The number of nitrogens with one attached hydrogen (secondary N) is 1. The average molecular weight is 424 g/mol. The third-order valence-electron chi connectivity index (χ3n) is 5.71. The molecule has 0 bridgehead atoms. The van der Waals surface area contributed by atoms with Crippen LogP contribution in [0.5, 0.6) is 5.75 Å². The van der Waals surface area contributed by atoms with E-state index in [1.54, 1.807) is 18.0 Å². The van der Waals surface area contributed by atoms with Crippen molar-refractivity contribution >= 4 is 18.3 Å². The van der Waals surface area contributed by atoms with E-state index in [4.69, 9.17) is 4.74 Å². The molecule has 2 aliphatic rings. The van der Waals surface area contributed by atoms with Crippen LogP contribution < -0.4 is 10.1 Å². The molecule has 0 radical (unpaired) electrons. The van der Waals surface area contributed by atoms with Gasteiger partial charge in [0.2, 0.25) is 5.91 Å². The minimum absolute atomic E-state index is 0. The summed E-state index contributed by atoms with van der Waals surface area (Å²) in [6, 6.07) is 5.69. The first-order valence-corrected chi connectivity index (χ1v) is 9.55. The van der Waals surface area contributed by atoms with Crippen LogP contribution >= 0.6 is 12.4 Å². The lowest BCUT2D eigenvalue weighted by molar-refractivity contribution is -0.131. The first-order chi connectivity index (χ1) is 13.4. The number of likely N-dealkylation sites (tertiary alicyclic amines) is 1. The predicted octanol–water partition coefficient (Wildman–Crippen LogP) is 3.87. The van der Waals surface area contributed by atoms with Crippen molar-refractivity contribution in [3.63, 3.8) is 0 Å². The number of hydrogen-bond acceptors (Lipinski definition) is 4. The van der Waals surface area contributed by atoms with E-state index in [2.05, 4.69) is 10.3 Å². The number of rotatable bonds is 4. The Hall–Kier alpha value is -2.25. The van der Waals surface area contributed by atoms with Crippen molar-refractivity contribution in [3.05, 3.63) is 47.8 Å². The lowest BCUT2D eigenvalue weighted by Crippen LogP contribution is -2.47. The molecular weight excluding hydrogens is 400 g/mol. The fourth-order valence-corrected chi connectivity index (χ4v) is 4.21. The van der Waals surface area contributed by atoms with Gasteiger partial charge in [-0.25, -0.2) is 8.78 Å². The molecule has 0 aliphatic carbocycles. The molecule has 2 aliphatic heterocycles. The maximum absolute atomic E-state index is 14.5. The molecule has 1 aromatic carbocycles. The molecule has 8 heteroatoms. The van der Waals surface area contributed by atoms with Gasteiger partial charge in [-0.3, -0.25) is 15.1 Å². The van der Waals surface area contributed by atoms with Crippen molar-refractivity contribution in [2.75, 3.05) is 20.2 Å². The molecule has 2 aromatic rings. The quantitative estimate of drug-likeness (QED) is 0.811. The number of halogens is 3. The first kappa shape index (κ1) is 21.5. The number of aromatic nitrogens is 1. The van der Waals surface area contributed by atoms with Gasteiger partial charge in [-0.05, 0) is 50.5 Å². The lowest BCUT2D eigenvalue weighted by Gasteiger charge is -2.23. The van der Waals surface area contributed by atoms with Crippen LogP contribution in [0.25, 0.3) is 11.1 Å². The lowest BCUT2D eigenvalue weighted by atomic mass is 9.96. The fourth-order valence-electron chi connectivity index (χ4n) is 4.21. The molecule has 2 atom stereocenters. The standard InChI is InChI=1S/C21H23F2N3O2.ClH/c1-3-28-13-4-5-16(22)14(10-13)15-11-19(24-12-17(15)23)18-6-7-21(25-18)8-9-26(2)20(21)27;/h4-5,10-12,18,25H,3,6-9H2,1-2H3;1H/t18-,21+;/m0./s1. The number of carbonyl (C=O) groups excluding carboxylic acids is 1. The zero-order valence-electron chi connectivity index (χ0n) is 16.4. The third kappa shape index (κ3) is 3.81. The molecular formula is C21H24ClF2N3O2. The van der Waals surface area contributed by atoms with Gasteiger partial charge >= 0.3 is 0 Å². The largest absolute Gasteiger partial charge is 0.494 e. The Morgan fingerprint density at radius 1 is 1.24 bits per heavy atom. The summed E-state index contributed by atoms with van der Waals surface area (Å²) >= 11 is 0. The van der Waals surface area contributed by atoms with Crippen LogP contribution in [-0.4, -0.2) is 41.5 Å². The molecule has 1 aromatic heterocycles. The highest BCUT2D eigenvalue weighted by molar-refractivity contribution is 5.88. The van der Waals surface area contributed by atoms with Crippen LogP contribution in [0.3, 0.4) is 0 Å². The van der Waals surface area contributed by atoms with E-state index in [1.807, 2.05) is 6.92 Å². The monoisotopic (exact) mass is 423 g/mol. The van der Waals surface area contributed by atoms with E-state index in [0.29, 0.717) is 24.5 Å². The minimum atomic E-state index is -0.597. The summed E-state index contributed by atoms with van der Waals surface area (Å²) in [6.45, 7) is 2.99. The second kappa shape index (κ2) is 8.24. The minimum Gasteiger partial charge on any atom is -0.494 e. The van der Waals surface area contributed by atoms with Crippen LogP contribution in [0, 0.1) is 11.6 Å². The number of pyridine rings is 1. The third-order valence-corrected chi connectivity index (χ3v) is 5.71. The molecule has 1 N–H and O–H groups in total. The Kier molecular flexibility index (Phi) is 6.10. The zero-order valence-corrected chi connectivity index (χ0v) is 17.2. The molecule has 2 saturated heterocycles. The van der Waals surface area contributed by atoms with Crippen molar-refractivity contribution in [2.45, 2.75) is 37.8 Å². The van der Waals surface area contributed by atoms with Gasteiger partial charge < -0.3 is 9.64 Å². The Balaban J connectivity index is 0.00000240. The summed E-state index contributed by atoms with van der Waals surface area (Å²) in [5.41, 5.74) is 0.325. The Labute approximate surface area is 174 Å². The summed E-state index contributed by atoms with van der Waals surface area (Å²) in [7, 11) is 1.80. The van der Waals surface area contributed by atoms with Gasteiger partial charge in [0, 0.05) is 24.7 Å². The SMILES string of the molecule is CCOc1ccc(F)c(-c2cc([C@@H]3CC[C@]4(CCN(C)C4=O)N3)ncc2F)c1.Cl. The normalized spacial score (nSPS) is 23.5. The van der Waals surface area contributed by atoms with E-state index in [0.717, 1.165) is 25.6 Å². The van der Waals surface area contributed by atoms with E-state index < -0.39 is 17.2 Å². The van der Waals surface area contributed by atoms with Gasteiger partial charge in [-0.15, -0.1) is 12.4 Å². The van der Waals surface area contributed by atoms with Gasteiger partial charge in [0.1, 0.15) is 22.9 Å². The predicted molar refractivity (Wildman–Crippen MR) is 108 cm³/mol. The average Bonchev–Trinajstić information content (AvgIpc) is 3.24. The highest BCUT2D eigenvalue weighted by Crippen LogP contribution is 2.39. The van der Waals surface area contributed by atoms with E-state index in [9.17, 15) is 13.6 Å². The molecule has 0 unspecified atom stereocenters. The second-order valence-electron chi connectivity index (χ2n) is 7.46. The number of nitrogens with zero attached hydrogens (tertiary/aromatic N) is 2. The number of ether oxygens (including phenoxy) is 1. The number of benzene rings is 1. The highest BCUT2D eigenvalue weighted by Gasteiger charge is 2.50. The van der Waals surface area contributed by atoms with E-state index in [-0.39, 0.29) is 35.5 Å². The van der Waals surface area contributed by atoms with Crippen molar-refractivity contribution in [3.8, 4) is 16.9 Å². The molecule has 5 nitrogen and oxygen atoms in total. The molecule has 156 valence electrons. The topological polar surface area (TPSA) is 54.5 Å². The van der Waals surface area contributed by atoms with Crippen molar-refractivity contribution in [1.82, 2.24) is 15.2 Å². The Morgan fingerprint density at radius 3 is 2.69 bits per heavy atom. The summed E-state index contributed by atoms with van der Waals surface area (Å²) in [5.74, 6) is -0.550. The first-order valence-electron chi connectivity index (χ1n) is 9.55. The Bertz CT molecular complexity index is 927. The maximum atomic E-state index is 14.5. The summed E-state index contributed by atoms with van der Waals surface area (Å²) < 4.78 is 34.3. The summed E-state index contributed by atoms with van der Waals surface area (Å²) in [5, 5.41) is 3.41. The second-order valence-corrected chi connectivity index (χ2v) is 7.46. The van der Waals surface area contributed by atoms with Gasteiger partial charge in [0.05, 0.1) is 24.5 Å². The van der Waals surface area contributed by atoms with Gasteiger partial charge in [0.25, 0.3) is 0 Å². The van der Waals surface area contributed by atoms with Crippen molar-refractivity contribution in [1.29, 1.82) is 0 Å². The fraction of sp³-hybridized carbons (Fsp3) is 0.429. The maximum Gasteiger partial charge on any atom is 0.242 e. The van der Waals surface area contributed by atoms with Crippen LogP contribution in [0.1, 0.15) is 37.9 Å². The Morgan fingerprint density at radius 2 is 2.00 bits per heavy atom.